The highest BCUT2D eigenvalue weighted by atomic mass is 35.5. The molecular formula is C17H19ClF2N4O. The van der Waals surface area contributed by atoms with Gasteiger partial charge in [0.15, 0.2) is 5.69 Å². The summed E-state index contributed by atoms with van der Waals surface area (Å²) < 4.78 is 27.0. The zero-order valence-corrected chi connectivity index (χ0v) is 14.3. The summed E-state index contributed by atoms with van der Waals surface area (Å²) in [7, 11) is 0. The number of nitrogens with one attached hydrogen (secondary N) is 2. The van der Waals surface area contributed by atoms with Crippen LogP contribution in [0.15, 0.2) is 18.2 Å². The molecule has 0 saturated heterocycles. The molecule has 134 valence electrons. The second kappa shape index (κ2) is 7.09. The van der Waals surface area contributed by atoms with E-state index in [4.69, 9.17) is 0 Å². The zero-order valence-electron chi connectivity index (χ0n) is 13.5. The molecule has 2 aliphatic rings. The third-order valence-electron chi connectivity index (χ3n) is 4.61. The minimum absolute atomic E-state index is 0. The molecule has 0 spiro atoms. The van der Waals surface area contributed by atoms with Crippen LogP contribution in [0.2, 0.25) is 0 Å². The summed E-state index contributed by atoms with van der Waals surface area (Å²) in [5, 5.41) is 10.4. The number of fused-ring (bicyclic) bond motifs is 1. The third kappa shape index (κ3) is 3.52. The topological polar surface area (TPSA) is 61.0 Å². The molecule has 1 aromatic heterocycles. The highest BCUT2D eigenvalue weighted by molar-refractivity contribution is 5.94. The van der Waals surface area contributed by atoms with Crippen LogP contribution >= 0.6 is 12.4 Å². The standard InChI is InChI=1S/C17H18F2N4O.ClH/c18-11-2-1-10(14(19)7-11)9-23(12-3-4-12)17(24)16-13-8-20-6-5-15(13)21-22-16;/h1-2,7,12,20H,3-6,8-9H2,(H,21,22);1H. The minimum atomic E-state index is -0.626. The average molecular weight is 369 g/mol. The molecule has 0 atom stereocenters. The predicted molar refractivity (Wildman–Crippen MR) is 90.5 cm³/mol. The number of hydrogen-bond acceptors (Lipinski definition) is 3. The molecule has 1 aromatic carbocycles. The van der Waals surface area contributed by atoms with E-state index in [0.29, 0.717) is 17.8 Å². The SMILES string of the molecule is Cl.O=C(c1n[nH]c2c1CNCC2)N(Cc1ccc(F)cc1F)C1CC1. The van der Waals surface area contributed by atoms with Crippen LogP contribution in [0.1, 0.15) is 40.2 Å². The Hall–Kier alpha value is -1.99. The first-order chi connectivity index (χ1) is 11.6. The van der Waals surface area contributed by atoms with E-state index in [-0.39, 0.29) is 30.9 Å². The first-order valence-corrected chi connectivity index (χ1v) is 8.15. The smallest absolute Gasteiger partial charge is 0.275 e. The van der Waals surface area contributed by atoms with Crippen LogP contribution in [-0.2, 0) is 19.5 Å². The van der Waals surface area contributed by atoms with Crippen molar-refractivity contribution in [3.8, 4) is 0 Å². The van der Waals surface area contributed by atoms with Crippen molar-refractivity contribution >= 4 is 18.3 Å². The maximum absolute atomic E-state index is 14.0. The molecule has 1 saturated carbocycles. The summed E-state index contributed by atoms with van der Waals surface area (Å²) >= 11 is 0. The summed E-state index contributed by atoms with van der Waals surface area (Å²) in [4.78, 5) is 14.6. The number of amides is 1. The summed E-state index contributed by atoms with van der Waals surface area (Å²) in [6.45, 7) is 1.59. The van der Waals surface area contributed by atoms with E-state index >= 15 is 0 Å². The van der Waals surface area contributed by atoms with Gasteiger partial charge in [0.1, 0.15) is 11.6 Å². The van der Waals surface area contributed by atoms with Crippen molar-refractivity contribution in [2.75, 3.05) is 6.54 Å². The minimum Gasteiger partial charge on any atom is -0.330 e. The van der Waals surface area contributed by atoms with E-state index in [1.54, 1.807) is 4.90 Å². The summed E-state index contributed by atoms with van der Waals surface area (Å²) in [5.74, 6) is -1.44. The molecule has 4 rings (SSSR count). The van der Waals surface area contributed by atoms with Crippen LogP contribution < -0.4 is 5.32 Å². The van der Waals surface area contributed by atoms with Crippen LogP contribution in [0.5, 0.6) is 0 Å². The van der Waals surface area contributed by atoms with Crippen LogP contribution in [0.3, 0.4) is 0 Å². The Labute approximate surface area is 150 Å². The fourth-order valence-electron chi connectivity index (χ4n) is 3.12. The van der Waals surface area contributed by atoms with Crippen molar-refractivity contribution in [3.63, 3.8) is 0 Å². The molecule has 1 fully saturated rings. The fourth-order valence-corrected chi connectivity index (χ4v) is 3.12. The molecule has 2 N–H and O–H groups in total. The molecule has 1 aliphatic heterocycles. The van der Waals surface area contributed by atoms with Crippen LogP contribution in [-0.4, -0.2) is 33.6 Å². The molecule has 0 radical (unpaired) electrons. The van der Waals surface area contributed by atoms with Gasteiger partial charge in [-0.05, 0) is 18.9 Å². The number of halogens is 3. The van der Waals surface area contributed by atoms with Crippen molar-refractivity contribution in [2.45, 2.75) is 38.4 Å². The van der Waals surface area contributed by atoms with E-state index in [1.807, 2.05) is 0 Å². The van der Waals surface area contributed by atoms with Gasteiger partial charge in [0, 0.05) is 55.0 Å². The maximum atomic E-state index is 14.0. The second-order valence-electron chi connectivity index (χ2n) is 6.36. The molecule has 25 heavy (non-hydrogen) atoms. The van der Waals surface area contributed by atoms with Gasteiger partial charge in [-0.15, -0.1) is 12.4 Å². The fraction of sp³-hybridized carbons (Fsp3) is 0.412. The van der Waals surface area contributed by atoms with E-state index < -0.39 is 11.6 Å². The lowest BCUT2D eigenvalue weighted by atomic mass is 10.1. The van der Waals surface area contributed by atoms with Crippen LogP contribution in [0.4, 0.5) is 8.78 Å². The van der Waals surface area contributed by atoms with Crippen molar-refractivity contribution in [1.82, 2.24) is 20.4 Å². The molecule has 8 heteroatoms. The molecule has 2 heterocycles. The number of nitrogens with zero attached hydrogens (tertiary/aromatic N) is 2. The average Bonchev–Trinajstić information content (AvgIpc) is 3.32. The van der Waals surface area contributed by atoms with E-state index in [0.717, 1.165) is 43.1 Å². The highest BCUT2D eigenvalue weighted by Crippen LogP contribution is 2.31. The molecule has 5 nitrogen and oxygen atoms in total. The first-order valence-electron chi connectivity index (χ1n) is 8.15. The van der Waals surface area contributed by atoms with Gasteiger partial charge >= 0.3 is 0 Å². The Morgan fingerprint density at radius 1 is 1.32 bits per heavy atom. The van der Waals surface area contributed by atoms with Crippen molar-refractivity contribution in [1.29, 1.82) is 0 Å². The van der Waals surface area contributed by atoms with Gasteiger partial charge < -0.3 is 10.2 Å². The van der Waals surface area contributed by atoms with Gasteiger partial charge in [0.25, 0.3) is 5.91 Å². The second-order valence-corrected chi connectivity index (χ2v) is 6.36. The first kappa shape index (κ1) is 17.8. The number of rotatable bonds is 4. The van der Waals surface area contributed by atoms with E-state index in [9.17, 15) is 13.6 Å². The van der Waals surface area contributed by atoms with Gasteiger partial charge in [-0.25, -0.2) is 8.78 Å². The summed E-state index contributed by atoms with van der Waals surface area (Å²) in [5.41, 5.74) is 2.61. The molecular weight excluding hydrogens is 350 g/mol. The largest absolute Gasteiger partial charge is 0.330 e. The normalized spacial score (nSPS) is 16.1. The van der Waals surface area contributed by atoms with Crippen molar-refractivity contribution in [2.24, 2.45) is 0 Å². The Morgan fingerprint density at radius 2 is 2.12 bits per heavy atom. The van der Waals surface area contributed by atoms with Gasteiger partial charge in [-0.1, -0.05) is 6.07 Å². The van der Waals surface area contributed by atoms with Gasteiger partial charge in [0.05, 0.1) is 0 Å². The Kier molecular flexibility index (Phi) is 5.06. The Morgan fingerprint density at radius 3 is 2.84 bits per heavy atom. The Bertz CT molecular complexity index is 791. The molecule has 1 aliphatic carbocycles. The number of benzene rings is 1. The molecule has 0 unspecified atom stereocenters. The highest BCUT2D eigenvalue weighted by Gasteiger charge is 2.36. The van der Waals surface area contributed by atoms with Crippen molar-refractivity contribution < 1.29 is 13.6 Å². The molecule has 2 aromatic rings. The van der Waals surface area contributed by atoms with Gasteiger partial charge in [0.2, 0.25) is 0 Å². The van der Waals surface area contributed by atoms with Crippen LogP contribution in [0, 0.1) is 11.6 Å². The third-order valence-corrected chi connectivity index (χ3v) is 4.61. The quantitative estimate of drug-likeness (QED) is 0.872. The number of H-pyrrole nitrogens is 1. The lowest BCUT2D eigenvalue weighted by Crippen LogP contribution is -2.34. The number of carbonyl (C=O) groups is 1. The number of aromatic amines is 1. The monoisotopic (exact) mass is 368 g/mol. The number of carbonyl (C=O) groups excluding carboxylic acids is 1. The summed E-state index contributed by atoms with van der Waals surface area (Å²) in [6, 6.07) is 3.57. The van der Waals surface area contributed by atoms with E-state index in [1.165, 1.54) is 12.1 Å². The van der Waals surface area contributed by atoms with E-state index in [2.05, 4.69) is 15.5 Å². The zero-order chi connectivity index (χ0) is 16.7. The van der Waals surface area contributed by atoms with Crippen LogP contribution in [0.25, 0.3) is 0 Å². The lowest BCUT2D eigenvalue weighted by Gasteiger charge is -2.23. The van der Waals surface area contributed by atoms with Crippen molar-refractivity contribution in [3.05, 3.63) is 52.3 Å². The van der Waals surface area contributed by atoms with Gasteiger partial charge in [-0.2, -0.15) is 5.10 Å². The molecule has 1 amide bonds. The Balaban J connectivity index is 0.00000182. The summed E-state index contributed by atoms with van der Waals surface area (Å²) in [6.07, 6.45) is 2.62. The maximum Gasteiger partial charge on any atom is 0.275 e. The lowest BCUT2D eigenvalue weighted by molar-refractivity contribution is 0.0721. The molecule has 0 bridgehead atoms. The van der Waals surface area contributed by atoms with Gasteiger partial charge in [-0.3, -0.25) is 9.89 Å². The number of hydrogen-bond donors (Lipinski definition) is 2. The predicted octanol–water partition coefficient (Wildman–Crippen LogP) is 2.56. The number of aromatic nitrogens is 2.